The number of nitrogens with zero attached hydrogens (tertiary/aromatic N) is 2. The lowest BCUT2D eigenvalue weighted by Gasteiger charge is -2.17. The highest BCUT2D eigenvalue weighted by Crippen LogP contribution is 2.21. The molecule has 0 atom stereocenters. The van der Waals surface area contributed by atoms with Gasteiger partial charge in [0.1, 0.15) is 5.69 Å². The van der Waals surface area contributed by atoms with E-state index in [9.17, 15) is 9.59 Å². The van der Waals surface area contributed by atoms with Crippen molar-refractivity contribution in [3.05, 3.63) is 56.8 Å². The van der Waals surface area contributed by atoms with Gasteiger partial charge in [0.05, 0.1) is 5.69 Å². The number of carbonyl (C=O) groups excluding carboxylic acids is 1. The van der Waals surface area contributed by atoms with Crippen molar-refractivity contribution >= 4 is 5.91 Å². The second-order valence-corrected chi connectivity index (χ2v) is 5.71. The number of fused-ring (bicyclic) bond motifs is 1. The smallest absolute Gasteiger partial charge is 0.269 e. The zero-order valence-electron chi connectivity index (χ0n) is 13.2. The summed E-state index contributed by atoms with van der Waals surface area (Å²) in [7, 11) is 0. The van der Waals surface area contributed by atoms with Crippen molar-refractivity contribution < 1.29 is 4.79 Å². The van der Waals surface area contributed by atoms with Crippen LogP contribution in [0.25, 0.3) is 0 Å². The Balaban J connectivity index is 1.90. The Labute approximate surface area is 134 Å². The standard InChI is InChI=1S/C17H20N4O2/c1-2-18-17(23)14-9-5-6-11(19-14)10-15-12-7-3-4-8-13(12)16(22)21-20-15/h5-6,9H,2-4,7-8,10H2,1H3,(H,18,23)(H,21,22). The van der Waals surface area contributed by atoms with Gasteiger partial charge in [0.25, 0.3) is 11.5 Å². The molecule has 120 valence electrons. The topological polar surface area (TPSA) is 87.7 Å². The lowest BCUT2D eigenvalue weighted by Crippen LogP contribution is -2.24. The van der Waals surface area contributed by atoms with E-state index in [1.165, 1.54) is 0 Å². The van der Waals surface area contributed by atoms with Gasteiger partial charge in [-0.25, -0.2) is 10.1 Å². The summed E-state index contributed by atoms with van der Waals surface area (Å²) in [6.45, 7) is 2.44. The molecular weight excluding hydrogens is 292 g/mol. The van der Waals surface area contributed by atoms with Gasteiger partial charge in [-0.1, -0.05) is 6.07 Å². The highest BCUT2D eigenvalue weighted by Gasteiger charge is 2.18. The Bertz CT molecular complexity index is 782. The molecule has 2 heterocycles. The molecule has 23 heavy (non-hydrogen) atoms. The molecule has 0 bridgehead atoms. The van der Waals surface area contributed by atoms with Gasteiger partial charge in [-0.2, -0.15) is 5.10 Å². The number of nitrogens with one attached hydrogen (secondary N) is 2. The maximum Gasteiger partial charge on any atom is 0.269 e. The second-order valence-electron chi connectivity index (χ2n) is 5.71. The molecule has 1 amide bonds. The Morgan fingerprint density at radius 2 is 2.04 bits per heavy atom. The van der Waals surface area contributed by atoms with Crippen LogP contribution in [0, 0.1) is 0 Å². The molecule has 0 unspecified atom stereocenters. The minimum atomic E-state index is -0.175. The normalized spacial score (nSPS) is 13.4. The van der Waals surface area contributed by atoms with Crippen molar-refractivity contribution in [3.8, 4) is 0 Å². The number of hydrogen-bond donors (Lipinski definition) is 2. The Morgan fingerprint density at radius 3 is 2.83 bits per heavy atom. The molecule has 0 aliphatic heterocycles. The molecule has 2 aromatic rings. The number of pyridine rings is 1. The Kier molecular flexibility index (Phi) is 4.50. The van der Waals surface area contributed by atoms with Crippen LogP contribution in [0.2, 0.25) is 0 Å². The van der Waals surface area contributed by atoms with Gasteiger partial charge in [-0.05, 0) is 50.3 Å². The number of H-pyrrole nitrogens is 1. The van der Waals surface area contributed by atoms with Crippen molar-refractivity contribution in [3.63, 3.8) is 0 Å². The highest BCUT2D eigenvalue weighted by molar-refractivity contribution is 5.92. The van der Waals surface area contributed by atoms with Crippen LogP contribution < -0.4 is 10.9 Å². The van der Waals surface area contributed by atoms with Crippen molar-refractivity contribution in [2.75, 3.05) is 6.54 Å². The van der Waals surface area contributed by atoms with Crippen LogP contribution in [0.15, 0.2) is 23.0 Å². The summed E-state index contributed by atoms with van der Waals surface area (Å²) in [5, 5.41) is 9.56. The van der Waals surface area contributed by atoms with E-state index in [1.54, 1.807) is 6.07 Å². The molecule has 1 aliphatic carbocycles. The van der Waals surface area contributed by atoms with E-state index in [1.807, 2.05) is 19.1 Å². The van der Waals surface area contributed by atoms with Crippen molar-refractivity contribution in [2.45, 2.75) is 39.0 Å². The largest absolute Gasteiger partial charge is 0.351 e. The monoisotopic (exact) mass is 312 g/mol. The minimum Gasteiger partial charge on any atom is -0.351 e. The summed E-state index contributed by atoms with van der Waals surface area (Å²) in [4.78, 5) is 28.2. The molecule has 0 saturated carbocycles. The lowest BCUT2D eigenvalue weighted by atomic mass is 9.90. The molecule has 2 N–H and O–H groups in total. The maximum absolute atomic E-state index is 11.9. The van der Waals surface area contributed by atoms with E-state index in [0.29, 0.717) is 18.7 Å². The van der Waals surface area contributed by atoms with Crippen LogP contribution in [0.4, 0.5) is 0 Å². The van der Waals surface area contributed by atoms with E-state index in [0.717, 1.165) is 48.2 Å². The molecule has 0 fully saturated rings. The molecule has 1 aliphatic rings. The number of amides is 1. The summed E-state index contributed by atoms with van der Waals surface area (Å²) >= 11 is 0. The summed E-state index contributed by atoms with van der Waals surface area (Å²) < 4.78 is 0. The number of hydrogen-bond acceptors (Lipinski definition) is 4. The molecule has 6 heteroatoms. The molecule has 0 saturated heterocycles. The first kappa shape index (κ1) is 15.4. The molecule has 6 nitrogen and oxygen atoms in total. The van der Waals surface area contributed by atoms with Crippen LogP contribution in [0.5, 0.6) is 0 Å². The fourth-order valence-electron chi connectivity index (χ4n) is 3.00. The third-order valence-corrected chi connectivity index (χ3v) is 4.11. The molecule has 0 spiro atoms. The van der Waals surface area contributed by atoms with Gasteiger partial charge in [0.15, 0.2) is 0 Å². The van der Waals surface area contributed by atoms with E-state index < -0.39 is 0 Å². The van der Waals surface area contributed by atoms with Crippen LogP contribution in [0.1, 0.15) is 52.8 Å². The number of aromatic amines is 1. The van der Waals surface area contributed by atoms with E-state index in [-0.39, 0.29) is 11.5 Å². The number of rotatable bonds is 4. The lowest BCUT2D eigenvalue weighted by molar-refractivity contribution is 0.0950. The van der Waals surface area contributed by atoms with Crippen LogP contribution in [-0.4, -0.2) is 27.6 Å². The highest BCUT2D eigenvalue weighted by atomic mass is 16.2. The van der Waals surface area contributed by atoms with Crippen LogP contribution in [0.3, 0.4) is 0 Å². The predicted molar refractivity (Wildman–Crippen MR) is 86.5 cm³/mol. The quantitative estimate of drug-likeness (QED) is 0.893. The molecule has 2 aromatic heterocycles. The SMILES string of the molecule is CCNC(=O)c1cccc(Cc2n[nH]c(=O)c3c2CCCC3)n1. The van der Waals surface area contributed by atoms with Gasteiger partial charge in [0, 0.05) is 24.2 Å². The summed E-state index contributed by atoms with van der Waals surface area (Å²) in [5.74, 6) is -0.175. The van der Waals surface area contributed by atoms with E-state index in [4.69, 9.17) is 0 Å². The summed E-state index contributed by atoms with van der Waals surface area (Å²) in [6.07, 6.45) is 4.35. The van der Waals surface area contributed by atoms with Gasteiger partial charge in [-0.15, -0.1) is 0 Å². The van der Waals surface area contributed by atoms with Gasteiger partial charge in [-0.3, -0.25) is 9.59 Å². The maximum atomic E-state index is 11.9. The average Bonchev–Trinajstić information content (AvgIpc) is 2.58. The van der Waals surface area contributed by atoms with E-state index in [2.05, 4.69) is 20.5 Å². The fourth-order valence-corrected chi connectivity index (χ4v) is 3.00. The summed E-state index contributed by atoms with van der Waals surface area (Å²) in [5.41, 5.74) is 3.89. The van der Waals surface area contributed by atoms with Gasteiger partial charge >= 0.3 is 0 Å². The first-order chi connectivity index (χ1) is 11.2. The van der Waals surface area contributed by atoms with Crippen molar-refractivity contribution in [2.24, 2.45) is 0 Å². The zero-order chi connectivity index (χ0) is 16.2. The first-order valence-electron chi connectivity index (χ1n) is 8.02. The predicted octanol–water partition coefficient (Wildman–Crippen LogP) is 1.38. The summed E-state index contributed by atoms with van der Waals surface area (Å²) in [6, 6.07) is 5.40. The van der Waals surface area contributed by atoms with Crippen molar-refractivity contribution in [1.82, 2.24) is 20.5 Å². The van der Waals surface area contributed by atoms with Crippen LogP contribution in [-0.2, 0) is 19.3 Å². The molecular formula is C17H20N4O2. The van der Waals surface area contributed by atoms with Gasteiger partial charge in [0.2, 0.25) is 0 Å². The van der Waals surface area contributed by atoms with Crippen LogP contribution >= 0.6 is 0 Å². The third-order valence-electron chi connectivity index (χ3n) is 4.11. The van der Waals surface area contributed by atoms with Gasteiger partial charge < -0.3 is 5.32 Å². The first-order valence-corrected chi connectivity index (χ1v) is 8.02. The second kappa shape index (κ2) is 6.73. The minimum absolute atomic E-state index is 0.0764. The number of carbonyl (C=O) groups is 1. The van der Waals surface area contributed by atoms with E-state index >= 15 is 0 Å². The Morgan fingerprint density at radius 1 is 1.26 bits per heavy atom. The third kappa shape index (κ3) is 3.31. The molecule has 0 radical (unpaired) electrons. The fraction of sp³-hybridized carbons (Fsp3) is 0.412. The average molecular weight is 312 g/mol. The zero-order valence-corrected chi connectivity index (χ0v) is 13.2. The molecule has 3 rings (SSSR count). The Hall–Kier alpha value is -2.50. The van der Waals surface area contributed by atoms with Crippen molar-refractivity contribution in [1.29, 1.82) is 0 Å². The number of aromatic nitrogens is 3. The molecule has 0 aromatic carbocycles.